The Morgan fingerprint density at radius 1 is 1.38 bits per heavy atom. The van der Waals surface area contributed by atoms with Gasteiger partial charge in [0.05, 0.1) is 5.56 Å². The zero-order chi connectivity index (χ0) is 16.2. The third kappa shape index (κ3) is 4.08. The number of carbonyl (C=O) groups excluding carboxylic acids is 1. The molecule has 0 aliphatic carbocycles. The summed E-state index contributed by atoms with van der Waals surface area (Å²) in [5.74, 6) is -0.379. The molecule has 0 atom stereocenters. The molecule has 1 amide bonds. The van der Waals surface area contributed by atoms with Crippen LogP contribution in [-0.2, 0) is 24.3 Å². The lowest BCUT2D eigenvalue weighted by atomic mass is 10.0. The van der Waals surface area contributed by atoms with Crippen LogP contribution in [0.15, 0.2) is 30.3 Å². The van der Waals surface area contributed by atoms with E-state index >= 15 is 0 Å². The van der Waals surface area contributed by atoms with Crippen molar-refractivity contribution in [2.75, 3.05) is 17.7 Å². The number of alkyl halides is 1. The first-order valence-electron chi connectivity index (χ1n) is 7.38. The standard InChI is InChI=1S/C17H16ClN3OS.ClH/c18-8-16(22)20-17-14(9-19)13-6-7-21(11-15(13)23-17)10-12-4-2-1-3-5-12;/h1-5H,6-8,10-11H2,(H,20,22);1H. The van der Waals surface area contributed by atoms with E-state index in [2.05, 4.69) is 28.4 Å². The molecule has 7 heteroatoms. The summed E-state index contributed by atoms with van der Waals surface area (Å²) in [4.78, 5) is 15.0. The van der Waals surface area contributed by atoms with E-state index in [0.717, 1.165) is 36.5 Å². The molecule has 1 aromatic carbocycles. The van der Waals surface area contributed by atoms with Gasteiger partial charge in [-0.25, -0.2) is 0 Å². The van der Waals surface area contributed by atoms with Gasteiger partial charge in [-0.05, 0) is 17.5 Å². The maximum Gasteiger partial charge on any atom is 0.239 e. The van der Waals surface area contributed by atoms with E-state index in [4.69, 9.17) is 11.6 Å². The number of nitriles is 1. The lowest BCUT2D eigenvalue weighted by molar-refractivity contribution is -0.113. The monoisotopic (exact) mass is 381 g/mol. The van der Waals surface area contributed by atoms with Crippen molar-refractivity contribution in [3.8, 4) is 6.07 Å². The van der Waals surface area contributed by atoms with Gasteiger partial charge in [0, 0.05) is 24.5 Å². The molecule has 0 spiro atoms. The van der Waals surface area contributed by atoms with E-state index in [0.29, 0.717) is 10.6 Å². The van der Waals surface area contributed by atoms with Crippen molar-refractivity contribution in [2.24, 2.45) is 0 Å². The number of nitrogens with zero attached hydrogens (tertiary/aromatic N) is 2. The average Bonchev–Trinajstić information content (AvgIpc) is 2.91. The number of amides is 1. The van der Waals surface area contributed by atoms with Gasteiger partial charge < -0.3 is 5.32 Å². The molecule has 3 rings (SSSR count). The van der Waals surface area contributed by atoms with Crippen LogP contribution in [0.4, 0.5) is 5.00 Å². The van der Waals surface area contributed by atoms with E-state index in [1.807, 2.05) is 18.2 Å². The minimum absolute atomic E-state index is 0. The van der Waals surface area contributed by atoms with E-state index in [-0.39, 0.29) is 24.2 Å². The molecule has 2 aromatic rings. The molecule has 1 aromatic heterocycles. The second-order valence-electron chi connectivity index (χ2n) is 5.45. The summed E-state index contributed by atoms with van der Waals surface area (Å²) >= 11 is 7.03. The highest BCUT2D eigenvalue weighted by molar-refractivity contribution is 7.16. The van der Waals surface area contributed by atoms with Gasteiger partial charge in [-0.1, -0.05) is 30.3 Å². The van der Waals surface area contributed by atoms with Gasteiger partial charge in [-0.3, -0.25) is 9.69 Å². The highest BCUT2D eigenvalue weighted by Gasteiger charge is 2.25. The molecule has 24 heavy (non-hydrogen) atoms. The Bertz CT molecular complexity index is 755. The van der Waals surface area contributed by atoms with E-state index in [9.17, 15) is 10.1 Å². The Kier molecular flexibility index (Phi) is 6.64. The van der Waals surface area contributed by atoms with Crippen LogP contribution >= 0.6 is 35.3 Å². The largest absolute Gasteiger partial charge is 0.316 e. The van der Waals surface area contributed by atoms with E-state index < -0.39 is 0 Å². The molecule has 1 aliphatic rings. The summed E-state index contributed by atoms with van der Waals surface area (Å²) in [6.45, 7) is 2.61. The van der Waals surface area contributed by atoms with Gasteiger partial charge in [0.1, 0.15) is 17.0 Å². The van der Waals surface area contributed by atoms with Gasteiger partial charge >= 0.3 is 0 Å². The Morgan fingerprint density at radius 3 is 2.79 bits per heavy atom. The number of carbonyl (C=O) groups is 1. The molecule has 1 N–H and O–H groups in total. The number of fused-ring (bicyclic) bond motifs is 1. The molecule has 0 bridgehead atoms. The fourth-order valence-electron chi connectivity index (χ4n) is 2.80. The second-order valence-corrected chi connectivity index (χ2v) is 6.82. The van der Waals surface area contributed by atoms with Crippen molar-refractivity contribution in [2.45, 2.75) is 19.5 Å². The van der Waals surface area contributed by atoms with Crippen LogP contribution in [0.2, 0.25) is 0 Å². The number of anilines is 1. The topological polar surface area (TPSA) is 56.1 Å². The number of thiophene rings is 1. The number of rotatable bonds is 4. The smallest absolute Gasteiger partial charge is 0.239 e. The van der Waals surface area contributed by atoms with Gasteiger partial charge in [0.2, 0.25) is 5.91 Å². The predicted molar refractivity (Wildman–Crippen MR) is 99.9 cm³/mol. The van der Waals surface area contributed by atoms with Crippen molar-refractivity contribution in [1.29, 1.82) is 5.26 Å². The first-order chi connectivity index (χ1) is 11.2. The molecular weight excluding hydrogens is 365 g/mol. The summed E-state index contributed by atoms with van der Waals surface area (Å²) in [5, 5.41) is 12.8. The average molecular weight is 382 g/mol. The highest BCUT2D eigenvalue weighted by Crippen LogP contribution is 2.36. The molecule has 0 saturated carbocycles. The van der Waals surface area contributed by atoms with Crippen molar-refractivity contribution < 1.29 is 4.79 Å². The van der Waals surface area contributed by atoms with Crippen LogP contribution in [0.3, 0.4) is 0 Å². The summed E-state index contributed by atoms with van der Waals surface area (Å²) in [7, 11) is 0. The molecule has 126 valence electrons. The quantitative estimate of drug-likeness (QED) is 0.819. The molecule has 0 unspecified atom stereocenters. The third-order valence-electron chi connectivity index (χ3n) is 3.87. The summed E-state index contributed by atoms with van der Waals surface area (Å²) in [6, 6.07) is 12.6. The first kappa shape index (κ1) is 18.8. The van der Waals surface area contributed by atoms with Crippen molar-refractivity contribution in [3.63, 3.8) is 0 Å². The lowest BCUT2D eigenvalue weighted by Crippen LogP contribution is -2.29. The molecular formula is C17H17Cl2N3OS. The summed E-state index contributed by atoms with van der Waals surface area (Å²) in [6.07, 6.45) is 0.832. The number of hydrogen-bond donors (Lipinski definition) is 1. The Morgan fingerprint density at radius 2 is 2.12 bits per heavy atom. The van der Waals surface area contributed by atoms with Crippen LogP contribution < -0.4 is 5.32 Å². The van der Waals surface area contributed by atoms with Crippen molar-refractivity contribution >= 4 is 46.3 Å². The fraction of sp³-hybridized carbons (Fsp3) is 0.294. The van der Waals surface area contributed by atoms with E-state index in [1.165, 1.54) is 16.9 Å². The van der Waals surface area contributed by atoms with Crippen molar-refractivity contribution in [3.05, 3.63) is 51.9 Å². The maximum atomic E-state index is 11.5. The van der Waals surface area contributed by atoms with Crippen LogP contribution in [0.25, 0.3) is 0 Å². The minimum atomic E-state index is -0.275. The van der Waals surface area contributed by atoms with Gasteiger partial charge in [0.15, 0.2) is 0 Å². The Hall–Kier alpha value is -1.58. The second kappa shape index (κ2) is 8.50. The Balaban J connectivity index is 0.00000208. The maximum absolute atomic E-state index is 11.5. The highest BCUT2D eigenvalue weighted by atomic mass is 35.5. The van der Waals surface area contributed by atoms with Crippen molar-refractivity contribution in [1.82, 2.24) is 4.90 Å². The number of benzene rings is 1. The van der Waals surface area contributed by atoms with E-state index in [1.54, 1.807) is 0 Å². The number of halogens is 2. The lowest BCUT2D eigenvalue weighted by Gasteiger charge is -2.26. The zero-order valence-corrected chi connectivity index (χ0v) is 15.3. The SMILES string of the molecule is Cl.N#Cc1c(NC(=O)CCl)sc2c1CCN(Cc1ccccc1)C2. The third-order valence-corrected chi connectivity index (χ3v) is 5.25. The summed E-state index contributed by atoms with van der Waals surface area (Å²) in [5.41, 5.74) is 2.96. The minimum Gasteiger partial charge on any atom is -0.316 e. The first-order valence-corrected chi connectivity index (χ1v) is 8.73. The predicted octanol–water partition coefficient (Wildman–Crippen LogP) is 3.78. The number of nitrogens with one attached hydrogen (secondary N) is 1. The van der Waals surface area contributed by atoms with Gasteiger partial charge in [-0.15, -0.1) is 35.3 Å². The van der Waals surface area contributed by atoms with Crippen LogP contribution in [0.5, 0.6) is 0 Å². The van der Waals surface area contributed by atoms with Crippen LogP contribution in [0.1, 0.15) is 21.6 Å². The van der Waals surface area contributed by atoms with Crippen LogP contribution in [-0.4, -0.2) is 23.2 Å². The fourth-order valence-corrected chi connectivity index (χ4v) is 4.12. The molecule has 4 nitrogen and oxygen atoms in total. The molecule has 2 heterocycles. The van der Waals surface area contributed by atoms with Crippen LogP contribution in [0, 0.1) is 11.3 Å². The normalized spacial score (nSPS) is 13.5. The molecule has 1 aliphatic heterocycles. The Labute approximate surface area is 156 Å². The van der Waals surface area contributed by atoms with Gasteiger partial charge in [-0.2, -0.15) is 5.26 Å². The zero-order valence-electron chi connectivity index (χ0n) is 12.9. The molecule has 0 fully saturated rings. The summed E-state index contributed by atoms with van der Waals surface area (Å²) < 4.78 is 0. The number of hydrogen-bond acceptors (Lipinski definition) is 4. The molecule has 0 radical (unpaired) electrons. The van der Waals surface area contributed by atoms with Gasteiger partial charge in [0.25, 0.3) is 0 Å². The molecule has 0 saturated heterocycles.